The molecule has 1 fully saturated rings. The van der Waals surface area contributed by atoms with E-state index in [0.29, 0.717) is 11.3 Å². The zero-order valence-electron chi connectivity index (χ0n) is 14.9. The number of carbonyl (C=O) groups is 4. The molecule has 1 aliphatic rings. The number of aromatic carboxylic acids is 1. The van der Waals surface area contributed by atoms with Crippen molar-refractivity contribution >= 4 is 35.6 Å². The third-order valence-corrected chi connectivity index (χ3v) is 3.98. The summed E-state index contributed by atoms with van der Waals surface area (Å²) in [5.74, 6) is -0.211. The maximum absolute atomic E-state index is 12.8. The van der Waals surface area contributed by atoms with E-state index in [1.807, 2.05) is 0 Å². The molecule has 3 rings (SSSR count). The first-order chi connectivity index (χ1) is 13.9. The number of hydrogen-bond acceptors (Lipinski definition) is 6. The van der Waals surface area contributed by atoms with Crippen LogP contribution in [0.25, 0.3) is 6.08 Å². The lowest BCUT2D eigenvalue weighted by molar-refractivity contribution is -0.255. The average Bonchev–Trinajstić information content (AvgIpc) is 2.70. The zero-order chi connectivity index (χ0) is 21.0. The first kappa shape index (κ1) is 19.4. The molecule has 0 unspecified atom stereocenters. The molecule has 1 saturated heterocycles. The summed E-state index contributed by atoms with van der Waals surface area (Å²) in [7, 11) is 0. The quantitative estimate of drug-likeness (QED) is 0.458. The molecule has 0 saturated carbocycles. The maximum atomic E-state index is 12.8. The number of carboxylic acids is 1. The number of carbonyl (C=O) groups excluding carboxylic acids is 4. The number of barbiturate groups is 1. The summed E-state index contributed by atoms with van der Waals surface area (Å²) in [6.07, 6.45) is 6.46. The van der Waals surface area contributed by atoms with Gasteiger partial charge in [-0.1, -0.05) is 30.2 Å². The number of anilines is 1. The third-order valence-electron chi connectivity index (χ3n) is 3.98. The van der Waals surface area contributed by atoms with E-state index in [9.17, 15) is 24.3 Å². The van der Waals surface area contributed by atoms with Crippen LogP contribution in [0.5, 0.6) is 5.75 Å². The number of carboxylic acid groups (broad SMARTS) is 1. The summed E-state index contributed by atoms with van der Waals surface area (Å²) in [6.45, 7) is 0.106. The molecule has 8 nitrogen and oxygen atoms in total. The molecule has 0 aliphatic carbocycles. The predicted molar refractivity (Wildman–Crippen MR) is 101 cm³/mol. The molecule has 0 radical (unpaired) electrons. The number of benzene rings is 2. The van der Waals surface area contributed by atoms with Gasteiger partial charge in [0.2, 0.25) is 0 Å². The van der Waals surface area contributed by atoms with Gasteiger partial charge in [-0.2, -0.15) is 0 Å². The van der Waals surface area contributed by atoms with E-state index in [1.54, 1.807) is 24.3 Å². The van der Waals surface area contributed by atoms with Gasteiger partial charge in [-0.15, -0.1) is 6.42 Å². The highest BCUT2D eigenvalue weighted by atomic mass is 16.5. The Kier molecular flexibility index (Phi) is 5.42. The molecule has 0 atom stereocenters. The van der Waals surface area contributed by atoms with Crippen LogP contribution in [0.2, 0.25) is 0 Å². The van der Waals surface area contributed by atoms with Crippen molar-refractivity contribution in [3.8, 4) is 18.1 Å². The molecule has 2 aromatic carbocycles. The molecule has 1 aliphatic heterocycles. The number of urea groups is 1. The standard InChI is InChI=1S/C21H14N2O6/c1-2-11-29-16-9-3-13(4-10-16)12-17-18(24)22-21(28)23(19(17)25)15-7-5-14(6-8-15)20(26)27/h1,3-10,12H,11H2,(H,26,27)(H,22,24,28)/p-1/b17-12+. The Hall–Kier alpha value is -4.38. The monoisotopic (exact) mass is 389 g/mol. The van der Waals surface area contributed by atoms with E-state index in [2.05, 4.69) is 11.2 Å². The van der Waals surface area contributed by atoms with Crippen LogP contribution in [0.3, 0.4) is 0 Å². The molecular weight excluding hydrogens is 376 g/mol. The number of rotatable bonds is 5. The molecule has 8 heteroatoms. The second-order valence-electron chi connectivity index (χ2n) is 5.85. The number of hydrogen-bond donors (Lipinski definition) is 1. The summed E-state index contributed by atoms with van der Waals surface area (Å²) in [5, 5.41) is 12.9. The number of imide groups is 2. The van der Waals surface area contributed by atoms with Crippen LogP contribution in [0.4, 0.5) is 10.5 Å². The molecule has 144 valence electrons. The van der Waals surface area contributed by atoms with E-state index in [4.69, 9.17) is 11.2 Å². The van der Waals surface area contributed by atoms with E-state index in [-0.39, 0.29) is 23.4 Å². The second kappa shape index (κ2) is 8.10. The van der Waals surface area contributed by atoms with Crippen molar-refractivity contribution in [1.82, 2.24) is 5.32 Å². The largest absolute Gasteiger partial charge is 0.545 e. The molecule has 1 heterocycles. The smallest absolute Gasteiger partial charge is 0.335 e. The molecule has 0 aromatic heterocycles. The highest BCUT2D eigenvalue weighted by molar-refractivity contribution is 6.39. The lowest BCUT2D eigenvalue weighted by atomic mass is 10.1. The Morgan fingerprint density at radius 3 is 2.34 bits per heavy atom. The summed E-state index contributed by atoms with van der Waals surface area (Å²) in [6, 6.07) is 10.5. The van der Waals surface area contributed by atoms with Gasteiger partial charge < -0.3 is 14.6 Å². The van der Waals surface area contributed by atoms with Crippen LogP contribution < -0.4 is 20.1 Å². The fourth-order valence-corrected chi connectivity index (χ4v) is 2.59. The maximum Gasteiger partial charge on any atom is 0.335 e. The normalized spacial score (nSPS) is 15.1. The average molecular weight is 389 g/mol. The van der Waals surface area contributed by atoms with Crippen molar-refractivity contribution in [1.29, 1.82) is 0 Å². The number of nitrogens with zero attached hydrogens (tertiary/aromatic N) is 1. The van der Waals surface area contributed by atoms with Gasteiger partial charge in [-0.25, -0.2) is 9.69 Å². The number of amides is 4. The van der Waals surface area contributed by atoms with Crippen LogP contribution >= 0.6 is 0 Å². The summed E-state index contributed by atoms with van der Waals surface area (Å²) >= 11 is 0. The minimum Gasteiger partial charge on any atom is -0.545 e. The van der Waals surface area contributed by atoms with E-state index < -0.39 is 23.8 Å². The van der Waals surface area contributed by atoms with Crippen molar-refractivity contribution in [3.63, 3.8) is 0 Å². The van der Waals surface area contributed by atoms with Gasteiger partial charge in [0.1, 0.15) is 17.9 Å². The fraction of sp³-hybridized carbons (Fsp3) is 0.0476. The van der Waals surface area contributed by atoms with Crippen LogP contribution in [0.1, 0.15) is 15.9 Å². The van der Waals surface area contributed by atoms with Crippen molar-refractivity contribution in [2.24, 2.45) is 0 Å². The lowest BCUT2D eigenvalue weighted by Gasteiger charge is -2.26. The molecular formula is C21H13N2O6-. The van der Waals surface area contributed by atoms with Crippen molar-refractivity contribution in [2.45, 2.75) is 0 Å². The van der Waals surface area contributed by atoms with Gasteiger partial charge in [0, 0.05) is 0 Å². The molecule has 29 heavy (non-hydrogen) atoms. The molecule has 2 aromatic rings. The minimum atomic E-state index is -1.39. The van der Waals surface area contributed by atoms with Crippen molar-refractivity contribution in [2.75, 3.05) is 11.5 Å². The summed E-state index contributed by atoms with van der Waals surface area (Å²) in [4.78, 5) is 48.7. The van der Waals surface area contributed by atoms with Gasteiger partial charge in [0.15, 0.2) is 0 Å². The van der Waals surface area contributed by atoms with Crippen molar-refractivity contribution < 1.29 is 29.0 Å². The Balaban J connectivity index is 1.89. The van der Waals surface area contributed by atoms with Gasteiger partial charge in [0.05, 0.1) is 11.7 Å². The highest BCUT2D eigenvalue weighted by Crippen LogP contribution is 2.23. The topological polar surface area (TPSA) is 116 Å². The van der Waals surface area contributed by atoms with Gasteiger partial charge in [-0.05, 0) is 41.5 Å². The van der Waals surface area contributed by atoms with E-state index >= 15 is 0 Å². The van der Waals surface area contributed by atoms with Crippen LogP contribution in [0, 0.1) is 12.3 Å². The Labute approximate surface area is 165 Å². The molecule has 4 amide bonds. The van der Waals surface area contributed by atoms with Crippen molar-refractivity contribution in [3.05, 3.63) is 65.2 Å². The third kappa shape index (κ3) is 4.14. The minimum absolute atomic E-state index is 0.105. The van der Waals surface area contributed by atoms with Crippen LogP contribution in [0.15, 0.2) is 54.1 Å². The Bertz CT molecular complexity index is 1060. The van der Waals surface area contributed by atoms with Crippen LogP contribution in [-0.2, 0) is 9.59 Å². The number of terminal acetylenes is 1. The predicted octanol–water partition coefficient (Wildman–Crippen LogP) is 0.728. The number of nitrogens with one attached hydrogen (secondary N) is 1. The first-order valence-electron chi connectivity index (χ1n) is 8.30. The Morgan fingerprint density at radius 1 is 1.10 bits per heavy atom. The van der Waals surface area contributed by atoms with Crippen LogP contribution in [-0.4, -0.2) is 30.4 Å². The van der Waals surface area contributed by atoms with Gasteiger partial charge in [-0.3, -0.25) is 14.9 Å². The first-order valence-corrected chi connectivity index (χ1v) is 8.30. The lowest BCUT2D eigenvalue weighted by Crippen LogP contribution is -2.54. The van der Waals surface area contributed by atoms with E-state index in [1.165, 1.54) is 30.3 Å². The molecule has 0 spiro atoms. The zero-order valence-corrected chi connectivity index (χ0v) is 14.9. The Morgan fingerprint density at radius 2 is 1.76 bits per heavy atom. The molecule has 0 bridgehead atoms. The summed E-state index contributed by atoms with van der Waals surface area (Å²) < 4.78 is 5.26. The summed E-state index contributed by atoms with van der Waals surface area (Å²) in [5.41, 5.74) is 0.260. The van der Waals surface area contributed by atoms with Gasteiger partial charge in [0.25, 0.3) is 11.8 Å². The highest BCUT2D eigenvalue weighted by Gasteiger charge is 2.36. The second-order valence-corrected chi connectivity index (χ2v) is 5.85. The number of ether oxygens (including phenoxy) is 1. The van der Waals surface area contributed by atoms with Gasteiger partial charge >= 0.3 is 6.03 Å². The SMILES string of the molecule is C#CCOc1ccc(/C=C2\C(=O)NC(=O)N(c3ccc(C(=O)[O-])cc3)C2=O)cc1. The molecule has 1 N–H and O–H groups in total. The van der Waals surface area contributed by atoms with E-state index in [0.717, 1.165) is 4.90 Å². The fourth-order valence-electron chi connectivity index (χ4n) is 2.59.